The van der Waals surface area contributed by atoms with E-state index in [4.69, 9.17) is 0 Å². The molecule has 6 nitrogen and oxygen atoms in total. The summed E-state index contributed by atoms with van der Waals surface area (Å²) in [4.78, 5) is 14.2. The van der Waals surface area contributed by atoms with Gasteiger partial charge in [-0.1, -0.05) is 6.42 Å². The second-order valence-corrected chi connectivity index (χ2v) is 8.80. The molecule has 146 valence electrons. The van der Waals surface area contributed by atoms with Gasteiger partial charge in [0.1, 0.15) is 0 Å². The highest BCUT2D eigenvalue weighted by molar-refractivity contribution is 7.92. The molecule has 7 heteroatoms. The van der Waals surface area contributed by atoms with Gasteiger partial charge in [0.15, 0.2) is 0 Å². The molecule has 1 aliphatic carbocycles. The SMILES string of the molecule is CCN(CC)c1ccc(N(CCNC(=O)C2CCC2)S(C)(=O)=O)c(C)c1. The molecule has 1 aromatic carbocycles. The van der Waals surface area contributed by atoms with Crippen molar-refractivity contribution in [1.29, 1.82) is 0 Å². The van der Waals surface area contributed by atoms with Gasteiger partial charge in [-0.05, 0) is 57.4 Å². The van der Waals surface area contributed by atoms with Crippen LogP contribution in [0.4, 0.5) is 11.4 Å². The fraction of sp³-hybridized carbons (Fsp3) is 0.632. The predicted molar refractivity (Wildman–Crippen MR) is 107 cm³/mol. The Morgan fingerprint density at radius 2 is 1.88 bits per heavy atom. The van der Waals surface area contributed by atoms with E-state index in [9.17, 15) is 13.2 Å². The summed E-state index contributed by atoms with van der Waals surface area (Å²) in [6, 6.07) is 5.84. The van der Waals surface area contributed by atoms with Gasteiger partial charge in [-0.15, -0.1) is 0 Å². The normalized spacial score (nSPS) is 14.6. The quantitative estimate of drug-likeness (QED) is 0.714. The number of rotatable bonds is 9. The number of carbonyl (C=O) groups excluding carboxylic acids is 1. The zero-order chi connectivity index (χ0) is 19.3. The van der Waals surface area contributed by atoms with Crippen LogP contribution in [0, 0.1) is 12.8 Å². The Hall–Kier alpha value is -1.76. The van der Waals surface area contributed by atoms with Gasteiger partial charge in [0.05, 0.1) is 18.5 Å². The number of anilines is 2. The maximum absolute atomic E-state index is 12.3. The van der Waals surface area contributed by atoms with Gasteiger partial charge in [0, 0.05) is 31.2 Å². The van der Waals surface area contributed by atoms with Crippen molar-refractivity contribution in [3.63, 3.8) is 0 Å². The maximum atomic E-state index is 12.3. The van der Waals surface area contributed by atoms with E-state index in [1.54, 1.807) is 0 Å². The second kappa shape index (κ2) is 8.75. The molecular weight excluding hydrogens is 350 g/mol. The summed E-state index contributed by atoms with van der Waals surface area (Å²) in [6.45, 7) is 8.48. The van der Waals surface area contributed by atoms with E-state index in [0.717, 1.165) is 43.6 Å². The standard InChI is InChI=1S/C19H31N3O3S/c1-5-21(6-2)17-10-11-18(15(3)14-17)22(26(4,24)25)13-12-20-19(23)16-8-7-9-16/h10-11,14,16H,5-9,12-13H2,1-4H3,(H,20,23). The first-order valence-corrected chi connectivity index (χ1v) is 11.2. The third-order valence-corrected chi connectivity index (χ3v) is 6.25. The summed E-state index contributed by atoms with van der Waals surface area (Å²) in [5.41, 5.74) is 2.66. The van der Waals surface area contributed by atoms with E-state index in [1.807, 2.05) is 25.1 Å². The van der Waals surface area contributed by atoms with E-state index in [-0.39, 0.29) is 18.4 Å². The van der Waals surface area contributed by atoms with E-state index < -0.39 is 10.0 Å². The highest BCUT2D eigenvalue weighted by Gasteiger charge is 2.25. The molecule has 1 amide bonds. The van der Waals surface area contributed by atoms with E-state index in [0.29, 0.717) is 12.2 Å². The summed E-state index contributed by atoms with van der Waals surface area (Å²) in [6.07, 6.45) is 4.19. The van der Waals surface area contributed by atoms with Crippen molar-refractivity contribution in [3.8, 4) is 0 Å². The van der Waals surface area contributed by atoms with Crippen molar-refractivity contribution < 1.29 is 13.2 Å². The van der Waals surface area contributed by atoms with Crippen LogP contribution in [-0.2, 0) is 14.8 Å². The minimum atomic E-state index is -3.43. The first kappa shape index (κ1) is 20.6. The zero-order valence-electron chi connectivity index (χ0n) is 16.3. The molecule has 26 heavy (non-hydrogen) atoms. The minimum absolute atomic E-state index is 0.0401. The van der Waals surface area contributed by atoms with Crippen molar-refractivity contribution in [3.05, 3.63) is 23.8 Å². The summed E-state index contributed by atoms with van der Waals surface area (Å²) in [5.74, 6) is 0.148. The van der Waals surface area contributed by atoms with Crippen LogP contribution in [0.15, 0.2) is 18.2 Å². The fourth-order valence-corrected chi connectivity index (χ4v) is 4.25. The lowest BCUT2D eigenvalue weighted by molar-refractivity contribution is -0.127. The average Bonchev–Trinajstić information content (AvgIpc) is 2.51. The summed E-state index contributed by atoms with van der Waals surface area (Å²) in [5, 5.41) is 2.87. The third kappa shape index (κ3) is 4.90. The van der Waals surface area contributed by atoms with Gasteiger partial charge in [-0.2, -0.15) is 0 Å². The maximum Gasteiger partial charge on any atom is 0.232 e. The lowest BCUT2D eigenvalue weighted by atomic mass is 9.85. The van der Waals surface area contributed by atoms with Crippen molar-refractivity contribution in [2.24, 2.45) is 5.92 Å². The number of hydrogen-bond donors (Lipinski definition) is 1. The molecule has 1 aliphatic rings. The van der Waals surface area contributed by atoms with E-state index in [1.165, 1.54) is 10.6 Å². The Kier molecular flexibility index (Phi) is 6.92. The Balaban J connectivity index is 2.12. The molecule has 1 aromatic rings. The molecule has 1 N–H and O–H groups in total. The van der Waals surface area contributed by atoms with Gasteiger partial charge >= 0.3 is 0 Å². The molecule has 0 heterocycles. The summed E-state index contributed by atoms with van der Waals surface area (Å²) >= 11 is 0. The lowest BCUT2D eigenvalue weighted by Crippen LogP contribution is -2.41. The van der Waals surface area contributed by atoms with Gasteiger partial charge in [0.2, 0.25) is 15.9 Å². The van der Waals surface area contributed by atoms with Crippen molar-refractivity contribution >= 4 is 27.3 Å². The highest BCUT2D eigenvalue weighted by atomic mass is 32.2. The Bertz CT molecular complexity index is 726. The Morgan fingerprint density at radius 3 is 2.35 bits per heavy atom. The molecule has 0 radical (unpaired) electrons. The van der Waals surface area contributed by atoms with Crippen molar-refractivity contribution in [2.75, 3.05) is 41.6 Å². The zero-order valence-corrected chi connectivity index (χ0v) is 17.1. The summed E-state index contributed by atoms with van der Waals surface area (Å²) < 4.78 is 26.0. The second-order valence-electron chi connectivity index (χ2n) is 6.90. The van der Waals surface area contributed by atoms with Crippen molar-refractivity contribution in [2.45, 2.75) is 40.0 Å². The number of amides is 1. The molecule has 0 atom stereocenters. The number of nitrogens with one attached hydrogen (secondary N) is 1. The molecule has 1 fully saturated rings. The smallest absolute Gasteiger partial charge is 0.232 e. The number of hydrogen-bond acceptors (Lipinski definition) is 4. The third-order valence-electron chi connectivity index (χ3n) is 5.07. The van der Waals surface area contributed by atoms with E-state index >= 15 is 0 Å². The van der Waals surface area contributed by atoms with E-state index in [2.05, 4.69) is 24.1 Å². The number of nitrogens with zero attached hydrogens (tertiary/aromatic N) is 2. The molecule has 0 spiro atoms. The fourth-order valence-electron chi connectivity index (χ4n) is 3.27. The number of aryl methyl sites for hydroxylation is 1. The highest BCUT2D eigenvalue weighted by Crippen LogP contribution is 2.28. The topological polar surface area (TPSA) is 69.7 Å². The number of carbonyl (C=O) groups is 1. The molecule has 2 rings (SSSR count). The van der Waals surface area contributed by atoms with Crippen LogP contribution in [0.1, 0.15) is 38.7 Å². The van der Waals surface area contributed by atoms with Gasteiger partial charge in [0.25, 0.3) is 0 Å². The number of sulfonamides is 1. The molecule has 0 saturated heterocycles. The van der Waals surface area contributed by atoms with Crippen molar-refractivity contribution in [1.82, 2.24) is 5.32 Å². The van der Waals surface area contributed by atoms with Crippen LogP contribution >= 0.6 is 0 Å². The molecular formula is C19H31N3O3S. The van der Waals surface area contributed by atoms with Crippen LogP contribution in [-0.4, -0.2) is 46.8 Å². The predicted octanol–water partition coefficient (Wildman–Crippen LogP) is 2.52. The molecule has 0 aliphatic heterocycles. The Morgan fingerprint density at radius 1 is 1.23 bits per heavy atom. The lowest BCUT2D eigenvalue weighted by Gasteiger charge is -2.28. The molecule has 0 bridgehead atoms. The molecule has 1 saturated carbocycles. The minimum Gasteiger partial charge on any atom is -0.372 e. The monoisotopic (exact) mass is 381 g/mol. The van der Waals surface area contributed by atoms with Crippen LogP contribution in [0.2, 0.25) is 0 Å². The van der Waals surface area contributed by atoms with Crippen LogP contribution in [0.25, 0.3) is 0 Å². The average molecular weight is 382 g/mol. The van der Waals surface area contributed by atoms with Crippen LogP contribution < -0.4 is 14.5 Å². The number of benzene rings is 1. The van der Waals surface area contributed by atoms with Gasteiger partial charge < -0.3 is 10.2 Å². The largest absolute Gasteiger partial charge is 0.372 e. The molecule has 0 aromatic heterocycles. The first-order valence-electron chi connectivity index (χ1n) is 9.39. The van der Waals surface area contributed by atoms with Gasteiger partial charge in [-0.3, -0.25) is 9.10 Å². The van der Waals surface area contributed by atoms with Crippen LogP contribution in [0.3, 0.4) is 0 Å². The van der Waals surface area contributed by atoms with Gasteiger partial charge in [-0.25, -0.2) is 8.42 Å². The molecule has 0 unspecified atom stereocenters. The van der Waals surface area contributed by atoms with Crippen LogP contribution in [0.5, 0.6) is 0 Å². The first-order chi connectivity index (χ1) is 12.3. The Labute approximate surface area is 157 Å². The summed E-state index contributed by atoms with van der Waals surface area (Å²) in [7, 11) is -3.43.